The van der Waals surface area contributed by atoms with Gasteiger partial charge in [0.2, 0.25) is 0 Å². The number of pyridine rings is 1. The van der Waals surface area contributed by atoms with Gasteiger partial charge >= 0.3 is 12.1 Å². The van der Waals surface area contributed by atoms with Crippen LogP contribution in [-0.2, 0) is 23.1 Å². The minimum Gasteiger partial charge on any atom is -0.481 e. The second kappa shape index (κ2) is 8.91. The molecule has 0 bridgehead atoms. The Morgan fingerprint density at radius 1 is 1.09 bits per heavy atom. The minimum absolute atomic E-state index is 0.157. The number of halogens is 3. The van der Waals surface area contributed by atoms with E-state index in [0.29, 0.717) is 22.0 Å². The fourth-order valence-corrected chi connectivity index (χ4v) is 5.51. The number of carboxylic acids is 1. The normalized spacial score (nSPS) is 11.8. The first-order chi connectivity index (χ1) is 15.2. The maximum absolute atomic E-state index is 12.8. The van der Waals surface area contributed by atoms with Gasteiger partial charge in [-0.2, -0.15) is 13.2 Å². The molecule has 0 aliphatic heterocycles. The number of thiazole rings is 1. The van der Waals surface area contributed by atoms with Gasteiger partial charge in [-0.3, -0.25) is 9.78 Å². The molecule has 0 atom stereocenters. The lowest BCUT2D eigenvalue weighted by Gasteiger charge is -2.08. The number of alkyl halides is 3. The van der Waals surface area contributed by atoms with Gasteiger partial charge in [0, 0.05) is 26.5 Å². The van der Waals surface area contributed by atoms with Crippen molar-refractivity contribution in [2.75, 3.05) is 0 Å². The molecule has 32 heavy (non-hydrogen) atoms. The van der Waals surface area contributed by atoms with Gasteiger partial charge in [0.25, 0.3) is 0 Å². The summed E-state index contributed by atoms with van der Waals surface area (Å²) in [5.41, 5.74) is 2.00. The Hall–Kier alpha value is -2.91. The van der Waals surface area contributed by atoms with E-state index in [4.69, 9.17) is 5.11 Å². The van der Waals surface area contributed by atoms with Crippen LogP contribution in [0.3, 0.4) is 0 Å². The van der Waals surface area contributed by atoms with Gasteiger partial charge in [0.1, 0.15) is 5.01 Å². The summed E-state index contributed by atoms with van der Waals surface area (Å²) in [7, 11) is 0. The highest BCUT2D eigenvalue weighted by Crippen LogP contribution is 2.36. The molecule has 2 heterocycles. The molecule has 0 amide bonds. The van der Waals surface area contributed by atoms with Crippen molar-refractivity contribution in [3.05, 3.63) is 76.4 Å². The van der Waals surface area contributed by atoms with E-state index in [-0.39, 0.29) is 6.42 Å². The molecular weight excluding hydrogens is 457 g/mol. The van der Waals surface area contributed by atoms with Crippen molar-refractivity contribution in [1.82, 2.24) is 9.97 Å². The highest BCUT2D eigenvalue weighted by Gasteiger charge is 2.30. The van der Waals surface area contributed by atoms with Crippen LogP contribution in [0.4, 0.5) is 13.2 Å². The van der Waals surface area contributed by atoms with Crippen molar-refractivity contribution in [2.45, 2.75) is 30.2 Å². The highest BCUT2D eigenvalue weighted by atomic mass is 32.2. The summed E-state index contributed by atoms with van der Waals surface area (Å²) in [6, 6.07) is 14.4. The van der Waals surface area contributed by atoms with Gasteiger partial charge in [0.15, 0.2) is 0 Å². The molecule has 0 fully saturated rings. The number of benzene rings is 2. The lowest BCUT2D eigenvalue weighted by Crippen LogP contribution is -2.03. The van der Waals surface area contributed by atoms with E-state index < -0.39 is 17.7 Å². The number of fused-ring (bicyclic) bond motifs is 1. The molecule has 2 aromatic carbocycles. The van der Waals surface area contributed by atoms with Crippen molar-refractivity contribution < 1.29 is 23.1 Å². The Balaban J connectivity index is 1.58. The standard InChI is InChI=1S/C23H17F3N2O2S2/c1-13-20(32-22(27-13)14-6-8-15(9-7-14)23(24,25)26)12-31-19-10-16(11-21(29)30)28-18-5-3-2-4-17(18)19/h2-10H,11-12H2,1H3,(H,29,30). The van der Waals surface area contributed by atoms with E-state index in [1.807, 2.05) is 31.2 Å². The summed E-state index contributed by atoms with van der Waals surface area (Å²) in [4.78, 5) is 22.0. The number of para-hydroxylation sites is 1. The number of hydrogen-bond donors (Lipinski definition) is 1. The third kappa shape index (κ3) is 4.94. The maximum Gasteiger partial charge on any atom is 0.416 e. The van der Waals surface area contributed by atoms with Gasteiger partial charge in [-0.15, -0.1) is 23.1 Å². The first-order valence-electron chi connectivity index (χ1n) is 9.58. The fraction of sp³-hybridized carbons (Fsp3) is 0.174. The Morgan fingerprint density at radius 2 is 1.81 bits per heavy atom. The number of carbonyl (C=O) groups is 1. The molecule has 0 saturated heterocycles. The van der Waals surface area contributed by atoms with E-state index in [2.05, 4.69) is 9.97 Å². The average molecular weight is 475 g/mol. The molecule has 4 nitrogen and oxygen atoms in total. The topological polar surface area (TPSA) is 63.1 Å². The number of aryl methyl sites for hydroxylation is 1. The van der Waals surface area contributed by atoms with Gasteiger partial charge in [-0.05, 0) is 31.2 Å². The molecule has 164 valence electrons. The van der Waals surface area contributed by atoms with E-state index in [0.717, 1.165) is 38.5 Å². The van der Waals surface area contributed by atoms with Gasteiger partial charge in [-0.1, -0.05) is 30.3 Å². The second-order valence-electron chi connectivity index (χ2n) is 7.09. The summed E-state index contributed by atoms with van der Waals surface area (Å²) in [5, 5.41) is 10.7. The molecular formula is C23H17F3N2O2S2. The smallest absolute Gasteiger partial charge is 0.416 e. The minimum atomic E-state index is -4.37. The quantitative estimate of drug-likeness (QED) is 0.319. The third-order valence-corrected chi connectivity index (χ3v) is 7.25. The molecule has 4 rings (SSSR count). The lowest BCUT2D eigenvalue weighted by molar-refractivity contribution is -0.138. The predicted octanol–water partition coefficient (Wildman–Crippen LogP) is 6.60. The zero-order valence-corrected chi connectivity index (χ0v) is 18.4. The van der Waals surface area contributed by atoms with Crippen molar-refractivity contribution >= 4 is 40.0 Å². The lowest BCUT2D eigenvalue weighted by atomic mass is 10.1. The second-order valence-corrected chi connectivity index (χ2v) is 9.19. The average Bonchev–Trinajstić information content (AvgIpc) is 3.11. The maximum atomic E-state index is 12.8. The summed E-state index contributed by atoms with van der Waals surface area (Å²) in [6.45, 7) is 1.88. The molecule has 0 spiro atoms. The van der Waals surface area contributed by atoms with E-state index >= 15 is 0 Å². The zero-order chi connectivity index (χ0) is 22.9. The molecule has 0 radical (unpaired) electrons. The molecule has 4 aromatic rings. The van der Waals surface area contributed by atoms with Crippen molar-refractivity contribution in [2.24, 2.45) is 0 Å². The predicted molar refractivity (Wildman–Crippen MR) is 120 cm³/mol. The summed E-state index contributed by atoms with van der Waals surface area (Å²) in [5.74, 6) is -0.340. The van der Waals surface area contributed by atoms with Crippen molar-refractivity contribution in [3.63, 3.8) is 0 Å². The van der Waals surface area contributed by atoms with Crippen LogP contribution in [0.25, 0.3) is 21.5 Å². The number of thioether (sulfide) groups is 1. The Labute approximate surface area is 190 Å². The van der Waals surface area contributed by atoms with Gasteiger partial charge in [0.05, 0.1) is 28.9 Å². The van der Waals surface area contributed by atoms with Crippen LogP contribution in [-0.4, -0.2) is 21.0 Å². The van der Waals surface area contributed by atoms with Crippen LogP contribution in [0.2, 0.25) is 0 Å². The Morgan fingerprint density at radius 3 is 2.50 bits per heavy atom. The molecule has 0 saturated carbocycles. The first-order valence-corrected chi connectivity index (χ1v) is 11.4. The van der Waals surface area contributed by atoms with Crippen LogP contribution in [0.5, 0.6) is 0 Å². The molecule has 9 heteroatoms. The highest BCUT2D eigenvalue weighted by molar-refractivity contribution is 7.98. The first kappa shape index (κ1) is 22.3. The van der Waals surface area contributed by atoms with Crippen molar-refractivity contribution in [1.29, 1.82) is 0 Å². The van der Waals surface area contributed by atoms with Crippen LogP contribution in [0, 0.1) is 6.92 Å². The SMILES string of the molecule is Cc1nc(-c2ccc(C(F)(F)F)cc2)sc1CSc1cc(CC(=O)O)nc2ccccc12. The Bertz CT molecular complexity index is 1280. The van der Waals surface area contributed by atoms with Gasteiger partial charge in [-0.25, -0.2) is 4.98 Å². The molecule has 0 unspecified atom stereocenters. The monoisotopic (exact) mass is 474 g/mol. The Kier molecular flexibility index (Phi) is 6.21. The van der Waals surface area contributed by atoms with E-state index in [9.17, 15) is 18.0 Å². The number of nitrogens with zero attached hydrogens (tertiary/aromatic N) is 2. The van der Waals surface area contributed by atoms with E-state index in [1.165, 1.54) is 23.5 Å². The molecule has 2 aromatic heterocycles. The van der Waals surface area contributed by atoms with Crippen LogP contribution < -0.4 is 0 Å². The summed E-state index contributed by atoms with van der Waals surface area (Å²) < 4.78 is 38.4. The fourth-order valence-electron chi connectivity index (χ4n) is 3.19. The summed E-state index contributed by atoms with van der Waals surface area (Å²) >= 11 is 3.00. The number of aromatic nitrogens is 2. The molecule has 1 N–H and O–H groups in total. The van der Waals surface area contributed by atoms with E-state index in [1.54, 1.807) is 17.8 Å². The third-order valence-electron chi connectivity index (χ3n) is 4.77. The largest absolute Gasteiger partial charge is 0.481 e. The number of aliphatic carboxylic acids is 1. The number of carboxylic acid groups (broad SMARTS) is 1. The van der Waals surface area contributed by atoms with Crippen LogP contribution in [0.15, 0.2) is 59.5 Å². The molecule has 0 aliphatic carbocycles. The van der Waals surface area contributed by atoms with Crippen LogP contribution >= 0.6 is 23.1 Å². The van der Waals surface area contributed by atoms with Gasteiger partial charge < -0.3 is 5.11 Å². The molecule has 0 aliphatic rings. The number of hydrogen-bond acceptors (Lipinski definition) is 5. The number of rotatable bonds is 6. The zero-order valence-electron chi connectivity index (χ0n) is 16.8. The van der Waals surface area contributed by atoms with Crippen LogP contribution in [0.1, 0.15) is 21.8 Å². The summed E-state index contributed by atoms with van der Waals surface area (Å²) in [6.07, 6.45) is -4.53. The van der Waals surface area contributed by atoms with Crippen molar-refractivity contribution in [3.8, 4) is 10.6 Å².